The molecule has 10 heteroatoms. The fourth-order valence-corrected chi connectivity index (χ4v) is 5.88. The Morgan fingerprint density at radius 3 is 1.96 bits per heavy atom. The summed E-state index contributed by atoms with van der Waals surface area (Å²) in [6, 6.07) is 16.7. The van der Waals surface area contributed by atoms with Crippen LogP contribution in [0.1, 0.15) is 107 Å². The fraction of sp³-hybridized carbons (Fsp3) is 0.525. The minimum absolute atomic E-state index is 0.0308. The SMILES string of the molecule is CC(C)c1ccc(-c2nc(CI)co2)cc1.Cc1oc(-c2ccc(C(C)C)cc2)nc1CO[C@H]1CCC[C@@H](OCC(OCC(C)C)C(=O)O)C1. The van der Waals surface area contributed by atoms with Gasteiger partial charge in [-0.15, -0.1) is 0 Å². The van der Waals surface area contributed by atoms with Crippen molar-refractivity contribution < 1.29 is 32.9 Å². The zero-order valence-electron chi connectivity index (χ0n) is 30.5. The highest BCUT2D eigenvalue weighted by Crippen LogP contribution is 2.28. The Hall–Kier alpha value is -3.06. The lowest BCUT2D eigenvalue weighted by Crippen LogP contribution is -2.35. The number of halogens is 1. The number of nitrogens with zero attached hydrogens (tertiary/aromatic N) is 2. The van der Waals surface area contributed by atoms with E-state index < -0.39 is 12.1 Å². The molecule has 272 valence electrons. The monoisotopic (exact) mass is 800 g/mol. The third-order valence-electron chi connectivity index (χ3n) is 8.65. The second-order valence-corrected chi connectivity index (χ2v) is 14.7. The van der Waals surface area contributed by atoms with E-state index >= 15 is 0 Å². The number of oxazole rings is 2. The van der Waals surface area contributed by atoms with Gasteiger partial charge in [0, 0.05) is 15.6 Å². The molecule has 1 unspecified atom stereocenters. The van der Waals surface area contributed by atoms with Crippen LogP contribution in [0.4, 0.5) is 0 Å². The van der Waals surface area contributed by atoms with Crippen LogP contribution >= 0.6 is 22.6 Å². The van der Waals surface area contributed by atoms with Crippen molar-refractivity contribution in [2.24, 2.45) is 5.92 Å². The zero-order valence-corrected chi connectivity index (χ0v) is 32.6. The van der Waals surface area contributed by atoms with Crippen LogP contribution in [0.5, 0.6) is 0 Å². The Morgan fingerprint density at radius 2 is 1.44 bits per heavy atom. The van der Waals surface area contributed by atoms with Crippen LogP contribution in [0.25, 0.3) is 22.9 Å². The number of hydrogen-bond donors (Lipinski definition) is 1. The highest BCUT2D eigenvalue weighted by Gasteiger charge is 2.27. The number of aliphatic carboxylic acids is 1. The Labute approximate surface area is 310 Å². The highest BCUT2D eigenvalue weighted by molar-refractivity contribution is 14.1. The predicted molar refractivity (Wildman–Crippen MR) is 204 cm³/mol. The fourth-order valence-electron chi connectivity index (χ4n) is 5.53. The van der Waals surface area contributed by atoms with Crippen LogP contribution in [-0.2, 0) is 30.0 Å². The van der Waals surface area contributed by atoms with Crippen molar-refractivity contribution in [3.8, 4) is 22.9 Å². The van der Waals surface area contributed by atoms with Crippen molar-refractivity contribution in [2.45, 2.75) is 115 Å². The summed E-state index contributed by atoms with van der Waals surface area (Å²) >= 11 is 2.28. The highest BCUT2D eigenvalue weighted by atomic mass is 127. The van der Waals surface area contributed by atoms with Crippen LogP contribution in [0, 0.1) is 12.8 Å². The standard InChI is InChI=1S/C27H39NO6.C13H14INO/c1-17(2)14-33-25(27(29)30)16-32-23-8-6-7-22(13-23)31-15-24-19(5)34-26(28-24)21-11-9-20(10-12-21)18(3)4;1-9(2)10-3-5-11(6-4-10)13-15-12(7-14)8-16-13/h9-12,17-18,22-23,25H,6-8,13-16H2,1-5H3,(H,29,30);3-6,8-9H,7H2,1-2H3/t22-,23+,25?;/m0./s1. The number of aromatic nitrogens is 2. The molecule has 1 N–H and O–H groups in total. The molecule has 2 heterocycles. The van der Waals surface area contributed by atoms with E-state index in [1.165, 1.54) is 11.1 Å². The molecule has 4 aromatic rings. The molecule has 1 fully saturated rings. The molecule has 2 aromatic heterocycles. The molecule has 2 aromatic carbocycles. The summed E-state index contributed by atoms with van der Waals surface area (Å²) in [6.07, 6.45) is 4.36. The first-order chi connectivity index (χ1) is 23.9. The van der Waals surface area contributed by atoms with Gasteiger partial charge in [0.15, 0.2) is 6.10 Å². The zero-order chi connectivity index (χ0) is 36.2. The van der Waals surface area contributed by atoms with E-state index in [2.05, 4.69) is 96.7 Å². The molecular weight excluding hydrogens is 747 g/mol. The summed E-state index contributed by atoms with van der Waals surface area (Å²) in [5, 5.41) is 9.38. The van der Waals surface area contributed by atoms with Crippen molar-refractivity contribution in [1.82, 2.24) is 9.97 Å². The van der Waals surface area contributed by atoms with Crippen molar-refractivity contribution in [1.29, 1.82) is 0 Å². The molecule has 9 nitrogen and oxygen atoms in total. The summed E-state index contributed by atoms with van der Waals surface area (Å²) in [5.41, 5.74) is 6.41. The average molecular weight is 801 g/mol. The molecule has 1 aliphatic rings. The van der Waals surface area contributed by atoms with E-state index in [9.17, 15) is 9.90 Å². The van der Waals surface area contributed by atoms with Crippen molar-refractivity contribution in [2.75, 3.05) is 13.2 Å². The van der Waals surface area contributed by atoms with Crippen molar-refractivity contribution in [3.63, 3.8) is 0 Å². The first kappa shape index (κ1) is 39.7. The molecule has 1 aliphatic carbocycles. The Balaban J connectivity index is 0.000000291. The number of aryl methyl sites for hydroxylation is 1. The topological polar surface area (TPSA) is 117 Å². The number of hydrogen-bond acceptors (Lipinski definition) is 8. The Morgan fingerprint density at radius 1 is 0.860 bits per heavy atom. The van der Waals surface area contributed by atoms with E-state index in [-0.39, 0.29) is 24.7 Å². The van der Waals surface area contributed by atoms with Gasteiger partial charge in [0.05, 0.1) is 37.7 Å². The number of alkyl halides is 1. The maximum atomic E-state index is 11.4. The van der Waals surface area contributed by atoms with Gasteiger partial charge in [-0.05, 0) is 85.8 Å². The number of carbonyl (C=O) groups is 1. The average Bonchev–Trinajstić information content (AvgIpc) is 3.74. The number of rotatable bonds is 15. The maximum absolute atomic E-state index is 11.4. The summed E-state index contributed by atoms with van der Waals surface area (Å²) in [4.78, 5) is 20.5. The molecule has 1 saturated carbocycles. The van der Waals surface area contributed by atoms with Gasteiger partial charge in [-0.25, -0.2) is 14.8 Å². The van der Waals surface area contributed by atoms with E-state index in [0.29, 0.717) is 36.8 Å². The number of ether oxygens (including phenoxy) is 3. The summed E-state index contributed by atoms with van der Waals surface area (Å²) < 4.78 is 29.8. The second-order valence-electron chi connectivity index (χ2n) is 14.0. The predicted octanol–water partition coefficient (Wildman–Crippen LogP) is 10.1. The van der Waals surface area contributed by atoms with Gasteiger partial charge in [-0.3, -0.25) is 0 Å². The lowest BCUT2D eigenvalue weighted by molar-refractivity contribution is -0.158. The van der Waals surface area contributed by atoms with Gasteiger partial charge in [0.1, 0.15) is 17.7 Å². The first-order valence-electron chi connectivity index (χ1n) is 17.7. The molecule has 3 atom stereocenters. The molecule has 0 radical (unpaired) electrons. The number of carboxylic acid groups (broad SMARTS) is 1. The molecular formula is C40H53IN2O7. The van der Waals surface area contributed by atoms with Gasteiger partial charge in [-0.1, -0.05) is 88.4 Å². The normalized spacial score (nSPS) is 16.9. The van der Waals surface area contributed by atoms with Crippen molar-refractivity contribution >= 4 is 28.6 Å². The molecule has 50 heavy (non-hydrogen) atoms. The molecule has 0 spiro atoms. The lowest BCUT2D eigenvalue weighted by atomic mass is 9.95. The third kappa shape index (κ3) is 12.0. The largest absolute Gasteiger partial charge is 0.479 e. The Bertz CT molecular complexity index is 1590. The lowest BCUT2D eigenvalue weighted by Gasteiger charge is -2.30. The molecule has 0 amide bonds. The van der Waals surface area contributed by atoms with Gasteiger partial charge in [-0.2, -0.15) is 0 Å². The van der Waals surface area contributed by atoms with Crippen LogP contribution < -0.4 is 0 Å². The summed E-state index contributed by atoms with van der Waals surface area (Å²) in [7, 11) is 0. The van der Waals surface area contributed by atoms with Gasteiger partial charge in [0.25, 0.3) is 0 Å². The van der Waals surface area contributed by atoms with Gasteiger partial charge < -0.3 is 28.2 Å². The minimum Gasteiger partial charge on any atom is -0.479 e. The molecule has 0 saturated heterocycles. The minimum atomic E-state index is -0.986. The smallest absolute Gasteiger partial charge is 0.335 e. The molecule has 5 rings (SSSR count). The van der Waals surface area contributed by atoms with Crippen LogP contribution in [-0.4, -0.2) is 52.6 Å². The van der Waals surface area contributed by atoms with E-state index in [4.69, 9.17) is 23.0 Å². The maximum Gasteiger partial charge on any atom is 0.335 e. The molecule has 0 aliphatic heterocycles. The summed E-state index contributed by atoms with van der Waals surface area (Å²) in [5.74, 6) is 2.41. The summed E-state index contributed by atoms with van der Waals surface area (Å²) in [6.45, 7) is 15.5. The Kier molecular flexibility index (Phi) is 15.5. The molecule has 0 bridgehead atoms. The second kappa shape index (κ2) is 19.5. The number of benzene rings is 2. The van der Waals surface area contributed by atoms with Crippen LogP contribution in [0.15, 0.2) is 63.6 Å². The van der Waals surface area contributed by atoms with Crippen LogP contribution in [0.3, 0.4) is 0 Å². The van der Waals surface area contributed by atoms with Crippen LogP contribution in [0.2, 0.25) is 0 Å². The van der Waals surface area contributed by atoms with Crippen molar-refractivity contribution in [3.05, 3.63) is 83.1 Å². The van der Waals surface area contributed by atoms with E-state index in [0.717, 1.165) is 58.4 Å². The first-order valence-corrected chi connectivity index (χ1v) is 19.2. The number of carboxylic acids is 1. The van der Waals surface area contributed by atoms with E-state index in [1.807, 2.05) is 32.9 Å². The van der Waals surface area contributed by atoms with Gasteiger partial charge in [0.2, 0.25) is 11.8 Å². The third-order valence-corrected chi connectivity index (χ3v) is 9.43. The van der Waals surface area contributed by atoms with E-state index in [1.54, 1.807) is 6.26 Å². The quantitative estimate of drug-likeness (QED) is 0.0926. The van der Waals surface area contributed by atoms with Gasteiger partial charge >= 0.3 is 5.97 Å².